The number of nitrogens with zero attached hydrogens (tertiary/aromatic N) is 3. The Balaban J connectivity index is 2.05. The summed E-state index contributed by atoms with van der Waals surface area (Å²) in [5.41, 5.74) is 0.232. The van der Waals surface area contributed by atoms with Gasteiger partial charge in [-0.2, -0.15) is 4.98 Å². The van der Waals surface area contributed by atoms with E-state index in [0.29, 0.717) is 11.8 Å². The van der Waals surface area contributed by atoms with Crippen LogP contribution in [0.4, 0.5) is 0 Å². The molecule has 96 valence electrons. The Morgan fingerprint density at radius 1 is 1.35 bits per heavy atom. The summed E-state index contributed by atoms with van der Waals surface area (Å²) in [5.74, 6) is 2.40. The number of likely N-dealkylation sites (tertiary alicyclic amines) is 1. The molecule has 1 atom stereocenters. The molecule has 1 aliphatic heterocycles. The predicted octanol–water partition coefficient (Wildman–Crippen LogP) is 2.78. The summed E-state index contributed by atoms with van der Waals surface area (Å²) in [7, 11) is 0. The van der Waals surface area contributed by atoms with Crippen molar-refractivity contribution in [1.82, 2.24) is 15.0 Å². The van der Waals surface area contributed by atoms with Gasteiger partial charge in [-0.1, -0.05) is 19.0 Å². The lowest BCUT2D eigenvalue weighted by atomic mass is 10.1. The van der Waals surface area contributed by atoms with Crippen molar-refractivity contribution in [2.24, 2.45) is 0 Å². The Bertz CT molecular complexity index is 378. The summed E-state index contributed by atoms with van der Waals surface area (Å²) in [4.78, 5) is 6.99. The van der Waals surface area contributed by atoms with Crippen LogP contribution in [-0.2, 0) is 0 Å². The zero-order valence-electron chi connectivity index (χ0n) is 11.5. The Morgan fingerprint density at radius 3 is 2.53 bits per heavy atom. The maximum atomic E-state index is 5.38. The van der Waals surface area contributed by atoms with Crippen LogP contribution in [0.2, 0.25) is 0 Å². The molecule has 1 aromatic rings. The maximum absolute atomic E-state index is 5.38. The van der Waals surface area contributed by atoms with E-state index < -0.39 is 0 Å². The number of rotatable bonds is 2. The van der Waals surface area contributed by atoms with Gasteiger partial charge in [0.05, 0.1) is 5.92 Å². The third-order valence-corrected chi connectivity index (χ3v) is 3.46. The summed E-state index contributed by atoms with van der Waals surface area (Å²) >= 11 is 0. The minimum Gasteiger partial charge on any atom is -0.339 e. The zero-order chi connectivity index (χ0) is 12.6. The first-order valence-corrected chi connectivity index (χ1v) is 6.46. The normalized spacial score (nSPS) is 22.6. The van der Waals surface area contributed by atoms with Crippen molar-refractivity contribution in [3.63, 3.8) is 0 Å². The zero-order valence-corrected chi connectivity index (χ0v) is 11.5. The lowest BCUT2D eigenvalue weighted by Gasteiger charge is -2.31. The molecule has 0 radical (unpaired) electrons. The van der Waals surface area contributed by atoms with E-state index in [2.05, 4.69) is 49.7 Å². The highest BCUT2D eigenvalue weighted by Gasteiger charge is 2.33. The van der Waals surface area contributed by atoms with E-state index in [0.717, 1.165) is 31.2 Å². The first-order valence-electron chi connectivity index (χ1n) is 6.46. The summed E-state index contributed by atoms with van der Waals surface area (Å²) in [6, 6.07) is 0. The number of hydrogen-bond donors (Lipinski definition) is 0. The van der Waals surface area contributed by atoms with Crippen molar-refractivity contribution in [2.45, 2.75) is 58.4 Å². The molecule has 1 aromatic heterocycles. The van der Waals surface area contributed by atoms with Gasteiger partial charge in [-0.05, 0) is 33.7 Å². The van der Waals surface area contributed by atoms with Gasteiger partial charge in [-0.3, -0.25) is 4.90 Å². The van der Waals surface area contributed by atoms with Crippen LogP contribution in [0, 0.1) is 0 Å². The van der Waals surface area contributed by atoms with Crippen LogP contribution < -0.4 is 0 Å². The molecular weight excluding hydrogens is 214 g/mol. The van der Waals surface area contributed by atoms with Crippen LogP contribution in [0.5, 0.6) is 0 Å². The number of aromatic nitrogens is 2. The van der Waals surface area contributed by atoms with Crippen LogP contribution in [0.1, 0.15) is 64.6 Å². The standard InChI is InChI=1S/C13H23N3O/c1-9(2)11-14-12(17-15-11)10-6-7-16(8-10)13(3,4)5/h9-10H,6-8H2,1-5H3. The second kappa shape index (κ2) is 4.41. The highest BCUT2D eigenvalue weighted by molar-refractivity contribution is 5.02. The summed E-state index contributed by atoms with van der Waals surface area (Å²) in [6.07, 6.45) is 1.12. The molecular formula is C13H23N3O. The average molecular weight is 237 g/mol. The molecule has 0 saturated carbocycles. The molecule has 0 aliphatic carbocycles. The summed E-state index contributed by atoms with van der Waals surface area (Å²) in [6.45, 7) is 13.1. The second-order valence-electron chi connectivity index (χ2n) is 6.25. The van der Waals surface area contributed by atoms with Crippen molar-refractivity contribution in [2.75, 3.05) is 13.1 Å². The molecule has 1 aliphatic rings. The van der Waals surface area contributed by atoms with Crippen molar-refractivity contribution in [1.29, 1.82) is 0 Å². The average Bonchev–Trinajstić information content (AvgIpc) is 2.85. The van der Waals surface area contributed by atoms with E-state index >= 15 is 0 Å². The molecule has 0 aromatic carbocycles. The van der Waals surface area contributed by atoms with E-state index in [1.165, 1.54) is 0 Å². The summed E-state index contributed by atoms with van der Waals surface area (Å²) < 4.78 is 5.38. The first kappa shape index (κ1) is 12.6. The Hall–Kier alpha value is -0.900. The van der Waals surface area contributed by atoms with Gasteiger partial charge in [0, 0.05) is 18.0 Å². The van der Waals surface area contributed by atoms with Crippen molar-refractivity contribution >= 4 is 0 Å². The molecule has 0 N–H and O–H groups in total. The van der Waals surface area contributed by atoms with Crippen molar-refractivity contribution in [3.8, 4) is 0 Å². The second-order valence-corrected chi connectivity index (χ2v) is 6.25. The van der Waals surface area contributed by atoms with Crippen LogP contribution in [0.3, 0.4) is 0 Å². The van der Waals surface area contributed by atoms with Gasteiger partial charge in [-0.15, -0.1) is 0 Å². The number of hydrogen-bond acceptors (Lipinski definition) is 4. The molecule has 2 rings (SSSR count). The van der Waals surface area contributed by atoms with Crippen LogP contribution >= 0.6 is 0 Å². The van der Waals surface area contributed by atoms with Crippen LogP contribution in [-0.4, -0.2) is 33.7 Å². The highest BCUT2D eigenvalue weighted by Crippen LogP contribution is 2.30. The quantitative estimate of drug-likeness (QED) is 0.793. The molecule has 0 spiro atoms. The molecule has 0 bridgehead atoms. The molecule has 1 unspecified atom stereocenters. The lowest BCUT2D eigenvalue weighted by molar-refractivity contribution is 0.170. The Labute approximate surface area is 103 Å². The maximum Gasteiger partial charge on any atom is 0.231 e. The first-order chi connectivity index (χ1) is 7.88. The third-order valence-electron chi connectivity index (χ3n) is 3.46. The van der Waals surface area contributed by atoms with E-state index in [1.54, 1.807) is 0 Å². The van der Waals surface area contributed by atoms with E-state index in [-0.39, 0.29) is 5.54 Å². The Kier molecular flexibility index (Phi) is 3.25. The third kappa shape index (κ3) is 2.68. The van der Waals surface area contributed by atoms with E-state index in [4.69, 9.17) is 4.52 Å². The fourth-order valence-corrected chi connectivity index (χ4v) is 2.22. The van der Waals surface area contributed by atoms with Gasteiger partial charge >= 0.3 is 0 Å². The smallest absolute Gasteiger partial charge is 0.231 e. The van der Waals surface area contributed by atoms with Crippen LogP contribution in [0.15, 0.2) is 4.52 Å². The molecule has 17 heavy (non-hydrogen) atoms. The SMILES string of the molecule is CC(C)c1noc(C2CCN(C(C)(C)C)C2)n1. The molecule has 0 amide bonds. The topological polar surface area (TPSA) is 42.2 Å². The fraction of sp³-hybridized carbons (Fsp3) is 0.846. The van der Waals surface area contributed by atoms with Crippen LogP contribution in [0.25, 0.3) is 0 Å². The van der Waals surface area contributed by atoms with Gasteiger partial charge in [0.1, 0.15) is 0 Å². The fourth-order valence-electron chi connectivity index (χ4n) is 2.22. The molecule has 4 heteroatoms. The largest absolute Gasteiger partial charge is 0.339 e. The van der Waals surface area contributed by atoms with Gasteiger partial charge in [0.25, 0.3) is 0 Å². The molecule has 2 heterocycles. The Morgan fingerprint density at radius 2 is 2.06 bits per heavy atom. The highest BCUT2D eigenvalue weighted by atomic mass is 16.5. The van der Waals surface area contributed by atoms with Crippen molar-refractivity contribution < 1.29 is 4.52 Å². The van der Waals surface area contributed by atoms with Gasteiger partial charge < -0.3 is 4.52 Å². The van der Waals surface area contributed by atoms with E-state index in [1.807, 2.05) is 0 Å². The van der Waals surface area contributed by atoms with Crippen molar-refractivity contribution in [3.05, 3.63) is 11.7 Å². The molecule has 1 fully saturated rings. The minimum atomic E-state index is 0.232. The van der Waals surface area contributed by atoms with Gasteiger partial charge in [-0.25, -0.2) is 0 Å². The lowest BCUT2D eigenvalue weighted by Crippen LogP contribution is -2.39. The molecule has 1 saturated heterocycles. The molecule has 4 nitrogen and oxygen atoms in total. The monoisotopic (exact) mass is 237 g/mol. The summed E-state index contributed by atoms with van der Waals surface area (Å²) in [5, 5.41) is 4.04. The predicted molar refractivity (Wildman–Crippen MR) is 67.1 cm³/mol. The van der Waals surface area contributed by atoms with Gasteiger partial charge in [0.2, 0.25) is 5.89 Å². The van der Waals surface area contributed by atoms with E-state index in [9.17, 15) is 0 Å². The minimum absolute atomic E-state index is 0.232. The van der Waals surface area contributed by atoms with Gasteiger partial charge in [0.15, 0.2) is 5.82 Å².